The van der Waals surface area contributed by atoms with Gasteiger partial charge in [-0.1, -0.05) is 25.1 Å². The second-order valence-electron chi connectivity index (χ2n) is 14.4. The van der Waals surface area contributed by atoms with Crippen LogP contribution in [0.3, 0.4) is 0 Å². The molecule has 6 fully saturated rings. The van der Waals surface area contributed by atoms with Gasteiger partial charge in [0.15, 0.2) is 5.60 Å². The van der Waals surface area contributed by atoms with E-state index in [1.807, 2.05) is 6.92 Å². The average molecular weight is 646 g/mol. The normalized spacial score (nSPS) is 49.9. The van der Waals surface area contributed by atoms with Gasteiger partial charge in [-0.25, -0.2) is 4.79 Å². The molecule has 46 heavy (non-hydrogen) atoms. The van der Waals surface area contributed by atoms with Crippen LogP contribution >= 0.6 is 0 Å². The van der Waals surface area contributed by atoms with Crippen molar-refractivity contribution in [2.45, 2.75) is 80.6 Å². The number of likely N-dealkylation sites (tertiary alicyclic amines) is 1. The lowest BCUT2D eigenvalue weighted by molar-refractivity contribution is -0.322. The van der Waals surface area contributed by atoms with Crippen LogP contribution < -0.4 is 0 Å². The molecule has 254 valence electrons. The molecule has 0 amide bonds. The number of benzene rings is 1. The number of aliphatic hydroxyl groups is 3. The molecule has 1 aromatic rings. The maximum atomic E-state index is 13.8. The predicted octanol–water partition coefficient (Wildman–Crippen LogP) is 0.648. The summed E-state index contributed by atoms with van der Waals surface area (Å²) in [6.07, 6.45) is -5.49. The highest BCUT2D eigenvalue weighted by molar-refractivity contribution is 5.89. The highest BCUT2D eigenvalue weighted by Crippen LogP contribution is 2.80. The van der Waals surface area contributed by atoms with E-state index in [1.54, 1.807) is 51.7 Å². The maximum Gasteiger partial charge on any atom is 0.338 e. The van der Waals surface area contributed by atoms with E-state index in [0.717, 1.165) is 0 Å². The van der Waals surface area contributed by atoms with Crippen molar-refractivity contribution in [3.63, 3.8) is 0 Å². The van der Waals surface area contributed by atoms with Crippen molar-refractivity contribution >= 4 is 11.9 Å². The second kappa shape index (κ2) is 10.9. The van der Waals surface area contributed by atoms with Crippen LogP contribution in [0.15, 0.2) is 30.3 Å². The summed E-state index contributed by atoms with van der Waals surface area (Å²) in [4.78, 5) is 29.3. The third-order valence-corrected chi connectivity index (χ3v) is 13.2. The molecule has 1 saturated heterocycles. The molecule has 1 spiro atoms. The summed E-state index contributed by atoms with van der Waals surface area (Å²) in [5.41, 5.74) is -4.79. The summed E-state index contributed by atoms with van der Waals surface area (Å²) >= 11 is 0. The highest BCUT2D eigenvalue weighted by Gasteiger charge is 2.92. The number of rotatable bonds is 9. The zero-order valence-corrected chi connectivity index (χ0v) is 27.3. The first kappa shape index (κ1) is 32.4. The summed E-state index contributed by atoms with van der Waals surface area (Å²) in [6.45, 7) is 4.68. The molecule has 7 rings (SSSR count). The Morgan fingerprint density at radius 1 is 1.00 bits per heavy atom. The van der Waals surface area contributed by atoms with E-state index in [2.05, 4.69) is 4.90 Å². The molecule has 0 aromatic heterocycles. The monoisotopic (exact) mass is 645 g/mol. The molecule has 3 N–H and O–H groups in total. The van der Waals surface area contributed by atoms with Crippen LogP contribution in [0.2, 0.25) is 0 Å². The van der Waals surface area contributed by atoms with Crippen molar-refractivity contribution in [1.82, 2.24) is 4.90 Å². The molecule has 1 unspecified atom stereocenters. The largest absolute Gasteiger partial charge is 0.455 e. The Morgan fingerprint density at radius 2 is 1.72 bits per heavy atom. The molecule has 12 nitrogen and oxygen atoms in total. The van der Waals surface area contributed by atoms with Crippen LogP contribution in [0.4, 0.5) is 0 Å². The Kier molecular flexibility index (Phi) is 7.69. The number of methoxy groups -OCH3 is 4. The van der Waals surface area contributed by atoms with Crippen molar-refractivity contribution in [2.75, 3.05) is 48.1 Å². The zero-order valence-electron chi connectivity index (χ0n) is 27.3. The van der Waals surface area contributed by atoms with Gasteiger partial charge in [0.25, 0.3) is 0 Å². The van der Waals surface area contributed by atoms with Gasteiger partial charge >= 0.3 is 11.9 Å². The molecule has 5 aliphatic carbocycles. The Morgan fingerprint density at radius 3 is 2.30 bits per heavy atom. The van der Waals surface area contributed by atoms with Gasteiger partial charge < -0.3 is 43.7 Å². The number of esters is 2. The van der Waals surface area contributed by atoms with Crippen molar-refractivity contribution in [3.8, 4) is 0 Å². The van der Waals surface area contributed by atoms with Crippen LogP contribution in [0.5, 0.6) is 0 Å². The zero-order chi connectivity index (χ0) is 33.0. The minimum Gasteiger partial charge on any atom is -0.455 e. The van der Waals surface area contributed by atoms with Gasteiger partial charge in [0, 0.05) is 83.0 Å². The average Bonchev–Trinajstić information content (AvgIpc) is 3.41. The Balaban J connectivity index is 1.53. The van der Waals surface area contributed by atoms with Gasteiger partial charge in [-0.15, -0.1) is 0 Å². The van der Waals surface area contributed by atoms with E-state index in [1.165, 1.54) is 14.0 Å². The Hall–Kier alpha value is -2.16. The smallest absolute Gasteiger partial charge is 0.338 e. The van der Waals surface area contributed by atoms with Crippen molar-refractivity contribution in [1.29, 1.82) is 0 Å². The molecule has 1 aromatic carbocycles. The molecule has 12 heteroatoms. The van der Waals surface area contributed by atoms with Gasteiger partial charge in [-0.2, -0.15) is 0 Å². The third-order valence-electron chi connectivity index (χ3n) is 13.2. The number of ether oxygens (including phenoxy) is 6. The van der Waals surface area contributed by atoms with Crippen molar-refractivity contribution < 1.29 is 53.3 Å². The van der Waals surface area contributed by atoms with E-state index < -0.39 is 88.3 Å². The van der Waals surface area contributed by atoms with Gasteiger partial charge in [-0.3, -0.25) is 9.69 Å². The second-order valence-corrected chi connectivity index (χ2v) is 14.4. The third kappa shape index (κ3) is 3.62. The minimum atomic E-state index is -1.83. The SMILES string of the molecule is CCN1C[C@]2(COC)[C@H](O)C[C@H](OC)[C@]34C1[C@H]([C@H](OC)[C@H]23)[C@]1(OC(C)=O)[C@H]2[C@@H](OC(=O)c3ccccc3)[C@@](O)(C[C@H]24)[C@@H](OC)[C@@H]1O. The van der Waals surface area contributed by atoms with E-state index in [9.17, 15) is 24.9 Å². The summed E-state index contributed by atoms with van der Waals surface area (Å²) in [5.74, 6) is -3.65. The fourth-order valence-corrected chi connectivity index (χ4v) is 12.3. The molecular formula is C34H47NO11. The number of hydrogen-bond donors (Lipinski definition) is 3. The molecule has 5 saturated carbocycles. The quantitative estimate of drug-likeness (QED) is 0.323. The van der Waals surface area contributed by atoms with Gasteiger partial charge in [0.05, 0.1) is 30.5 Å². The molecule has 6 aliphatic rings. The minimum absolute atomic E-state index is 0.0791. The van der Waals surface area contributed by atoms with E-state index in [0.29, 0.717) is 25.1 Å². The van der Waals surface area contributed by atoms with Crippen LogP contribution in [0.25, 0.3) is 0 Å². The van der Waals surface area contributed by atoms with Crippen LogP contribution in [0.1, 0.15) is 37.0 Å². The van der Waals surface area contributed by atoms with E-state index >= 15 is 0 Å². The molecular weight excluding hydrogens is 598 g/mol. The first-order valence-corrected chi connectivity index (χ1v) is 16.3. The van der Waals surface area contributed by atoms with Crippen LogP contribution in [-0.4, -0.2) is 134 Å². The maximum absolute atomic E-state index is 13.8. The standard InChI is InChI=1S/C34H47NO11/c1-7-35-15-31(16-41-3)20(37)13-21(42-4)33-19-14-32(40)28(45-30(39)18-11-9-8-10-12-18)22(19)34(46-17(2)36,27(38)29(32)44-6)23(26(33)35)24(43-5)25(31)33/h8-12,19-29,37-38,40H,7,13-16H2,1-6H3/t19-,20-,21+,22-,23+,24+,25-,26?,27+,28-,29+,31+,32+,33+,34-/m1/s1. The number of aliphatic hydroxyl groups excluding tert-OH is 2. The number of fused-ring (bicyclic) bond motifs is 2. The highest BCUT2D eigenvalue weighted by atomic mass is 16.6. The fourth-order valence-electron chi connectivity index (χ4n) is 12.3. The summed E-state index contributed by atoms with van der Waals surface area (Å²) in [7, 11) is 6.27. The van der Waals surface area contributed by atoms with Crippen LogP contribution in [-0.2, 0) is 33.2 Å². The number of nitrogens with zero attached hydrogens (tertiary/aromatic N) is 1. The number of piperidine rings is 1. The van der Waals surface area contributed by atoms with Crippen molar-refractivity contribution in [3.05, 3.63) is 35.9 Å². The van der Waals surface area contributed by atoms with Gasteiger partial charge in [-0.05, 0) is 31.0 Å². The number of carbonyl (C=O) groups excluding carboxylic acids is 2. The molecule has 1 aliphatic heterocycles. The number of hydrogen-bond acceptors (Lipinski definition) is 12. The predicted molar refractivity (Wildman–Crippen MR) is 160 cm³/mol. The van der Waals surface area contributed by atoms with E-state index in [-0.39, 0.29) is 25.0 Å². The molecule has 15 atom stereocenters. The Labute approximate surface area is 269 Å². The lowest BCUT2D eigenvalue weighted by atomic mass is 9.42. The molecule has 0 radical (unpaired) electrons. The topological polar surface area (TPSA) is 153 Å². The van der Waals surface area contributed by atoms with E-state index in [4.69, 9.17) is 28.4 Å². The van der Waals surface area contributed by atoms with Crippen LogP contribution in [0, 0.1) is 34.5 Å². The molecule has 7 bridgehead atoms. The lowest BCUT2D eigenvalue weighted by Crippen LogP contribution is -2.81. The number of carbonyl (C=O) groups is 2. The Bertz CT molecular complexity index is 1360. The fraction of sp³-hybridized carbons (Fsp3) is 0.765. The first-order chi connectivity index (χ1) is 22.0. The first-order valence-electron chi connectivity index (χ1n) is 16.3. The van der Waals surface area contributed by atoms with Crippen molar-refractivity contribution in [2.24, 2.45) is 34.5 Å². The van der Waals surface area contributed by atoms with Gasteiger partial charge in [0.2, 0.25) is 0 Å². The van der Waals surface area contributed by atoms with Gasteiger partial charge in [0.1, 0.15) is 23.9 Å². The summed E-state index contributed by atoms with van der Waals surface area (Å²) in [6, 6.07) is 8.18. The lowest BCUT2D eigenvalue weighted by Gasteiger charge is -2.70. The summed E-state index contributed by atoms with van der Waals surface area (Å²) < 4.78 is 37.4. The molecule has 1 heterocycles. The summed E-state index contributed by atoms with van der Waals surface area (Å²) in [5, 5.41) is 37.3.